The van der Waals surface area contributed by atoms with Crippen LogP contribution in [0.3, 0.4) is 0 Å². The van der Waals surface area contributed by atoms with Crippen LogP contribution < -0.4 is 10.6 Å². The Morgan fingerprint density at radius 3 is 2.73 bits per heavy atom. The number of aryl methyl sites for hydroxylation is 1. The molecule has 22 heavy (non-hydrogen) atoms. The minimum absolute atomic E-state index is 0.310. The van der Waals surface area contributed by atoms with Gasteiger partial charge in [0.15, 0.2) is 0 Å². The second kappa shape index (κ2) is 6.47. The summed E-state index contributed by atoms with van der Waals surface area (Å²) in [6.07, 6.45) is 1.93. The number of benzene rings is 1. The standard InChI is InChI=1S/C17H21N3O2/c1-11-9-14(18-4)6-7-15(11)17(22)20(10-21)16-8-5-12(2)19-13(16)3/h6-7,9-10,16,18-19H,2-3,5,8H2,1,4H3. The molecule has 116 valence electrons. The molecule has 1 saturated heterocycles. The van der Waals surface area contributed by atoms with E-state index in [1.165, 1.54) is 4.90 Å². The summed E-state index contributed by atoms with van der Waals surface area (Å²) in [5.41, 5.74) is 3.74. The number of piperidine rings is 1. The summed E-state index contributed by atoms with van der Waals surface area (Å²) in [7, 11) is 1.82. The minimum atomic E-state index is -0.348. The number of imide groups is 1. The normalized spacial score (nSPS) is 17.6. The highest BCUT2D eigenvalue weighted by molar-refractivity contribution is 6.01. The van der Waals surface area contributed by atoms with Crippen LogP contribution >= 0.6 is 0 Å². The smallest absolute Gasteiger partial charge is 0.261 e. The third-order valence-electron chi connectivity index (χ3n) is 3.89. The summed E-state index contributed by atoms with van der Waals surface area (Å²) < 4.78 is 0. The molecule has 5 heteroatoms. The number of hydrogen-bond donors (Lipinski definition) is 2. The molecule has 1 aliphatic rings. The minimum Gasteiger partial charge on any atom is -0.388 e. The van der Waals surface area contributed by atoms with E-state index in [0.717, 1.165) is 16.9 Å². The fraction of sp³-hybridized carbons (Fsp3) is 0.294. The Hall–Kier alpha value is -2.56. The van der Waals surface area contributed by atoms with E-state index in [1.807, 2.05) is 26.1 Å². The van der Waals surface area contributed by atoms with Crippen molar-refractivity contribution in [2.24, 2.45) is 0 Å². The van der Waals surface area contributed by atoms with E-state index in [9.17, 15) is 9.59 Å². The van der Waals surface area contributed by atoms with Crippen molar-refractivity contribution >= 4 is 18.0 Å². The SMILES string of the molecule is C=C1CCC(N(C=O)C(=O)c2ccc(NC)cc2C)C(=C)N1. The number of carbonyl (C=O) groups excluding carboxylic acids is 2. The van der Waals surface area contributed by atoms with Gasteiger partial charge in [-0.1, -0.05) is 13.2 Å². The van der Waals surface area contributed by atoms with Crippen LogP contribution in [-0.2, 0) is 4.79 Å². The largest absolute Gasteiger partial charge is 0.388 e. The zero-order valence-corrected chi connectivity index (χ0v) is 13.0. The van der Waals surface area contributed by atoms with Gasteiger partial charge in [0.05, 0.1) is 6.04 Å². The van der Waals surface area contributed by atoms with Gasteiger partial charge in [-0.3, -0.25) is 14.5 Å². The molecule has 2 rings (SSSR count). The number of hydrogen-bond acceptors (Lipinski definition) is 4. The van der Waals surface area contributed by atoms with Crippen LogP contribution in [0.15, 0.2) is 42.8 Å². The quantitative estimate of drug-likeness (QED) is 0.838. The van der Waals surface area contributed by atoms with Crippen LogP contribution in [0, 0.1) is 6.92 Å². The number of nitrogens with one attached hydrogen (secondary N) is 2. The van der Waals surface area contributed by atoms with Gasteiger partial charge in [-0.2, -0.15) is 0 Å². The van der Waals surface area contributed by atoms with E-state index >= 15 is 0 Å². The van der Waals surface area contributed by atoms with Gasteiger partial charge < -0.3 is 10.6 Å². The first-order valence-electron chi connectivity index (χ1n) is 7.18. The fourth-order valence-electron chi connectivity index (χ4n) is 2.63. The maximum atomic E-state index is 12.7. The Morgan fingerprint density at radius 1 is 1.45 bits per heavy atom. The summed E-state index contributed by atoms with van der Waals surface area (Å²) in [5.74, 6) is -0.310. The Kier molecular flexibility index (Phi) is 4.65. The number of rotatable bonds is 4. The Morgan fingerprint density at radius 2 is 2.18 bits per heavy atom. The first kappa shape index (κ1) is 15.8. The van der Waals surface area contributed by atoms with Gasteiger partial charge in [0.1, 0.15) is 0 Å². The maximum absolute atomic E-state index is 12.7. The van der Waals surface area contributed by atoms with E-state index < -0.39 is 0 Å². The van der Waals surface area contributed by atoms with Gasteiger partial charge in [-0.05, 0) is 43.5 Å². The molecule has 5 nitrogen and oxygen atoms in total. The van der Waals surface area contributed by atoms with Crippen molar-refractivity contribution < 1.29 is 9.59 Å². The highest BCUT2D eigenvalue weighted by atomic mass is 16.2. The maximum Gasteiger partial charge on any atom is 0.261 e. The number of anilines is 1. The van der Waals surface area contributed by atoms with E-state index in [1.54, 1.807) is 6.07 Å². The van der Waals surface area contributed by atoms with Crippen LogP contribution in [0.2, 0.25) is 0 Å². The molecule has 1 unspecified atom stereocenters. The molecule has 1 atom stereocenters. The molecule has 1 aromatic rings. The molecule has 1 heterocycles. The van der Waals surface area contributed by atoms with Crippen LogP contribution in [-0.4, -0.2) is 30.3 Å². The lowest BCUT2D eigenvalue weighted by molar-refractivity contribution is -0.117. The number of allylic oxidation sites excluding steroid dienone is 1. The zero-order valence-electron chi connectivity index (χ0n) is 13.0. The van der Waals surface area contributed by atoms with Crippen molar-refractivity contribution in [2.45, 2.75) is 25.8 Å². The zero-order chi connectivity index (χ0) is 16.3. The molecule has 0 aliphatic carbocycles. The molecule has 2 amide bonds. The van der Waals surface area contributed by atoms with Crippen molar-refractivity contribution in [2.75, 3.05) is 12.4 Å². The number of nitrogens with zero attached hydrogens (tertiary/aromatic N) is 1. The summed E-state index contributed by atoms with van der Waals surface area (Å²) in [4.78, 5) is 25.4. The molecule has 1 aromatic carbocycles. The highest BCUT2D eigenvalue weighted by Crippen LogP contribution is 2.24. The van der Waals surface area contributed by atoms with Crippen LogP contribution in [0.1, 0.15) is 28.8 Å². The lowest BCUT2D eigenvalue weighted by atomic mass is 9.99. The van der Waals surface area contributed by atoms with Crippen molar-refractivity contribution in [1.29, 1.82) is 0 Å². The predicted octanol–water partition coefficient (Wildman–Crippen LogP) is 2.41. The summed E-state index contributed by atoms with van der Waals surface area (Å²) in [5, 5.41) is 6.06. The molecule has 0 saturated carbocycles. The first-order valence-corrected chi connectivity index (χ1v) is 7.18. The van der Waals surface area contributed by atoms with Gasteiger partial charge >= 0.3 is 0 Å². The van der Waals surface area contributed by atoms with E-state index in [-0.39, 0.29) is 11.9 Å². The van der Waals surface area contributed by atoms with E-state index in [0.29, 0.717) is 30.5 Å². The van der Waals surface area contributed by atoms with Gasteiger partial charge in [-0.25, -0.2) is 0 Å². The average molecular weight is 299 g/mol. The molecule has 0 radical (unpaired) electrons. The third-order valence-corrected chi connectivity index (χ3v) is 3.89. The van der Waals surface area contributed by atoms with Crippen LogP contribution in [0.5, 0.6) is 0 Å². The Labute approximate surface area is 130 Å². The van der Waals surface area contributed by atoms with Gasteiger partial charge in [0.25, 0.3) is 5.91 Å². The van der Waals surface area contributed by atoms with Crippen LogP contribution in [0.4, 0.5) is 5.69 Å². The average Bonchev–Trinajstić information content (AvgIpc) is 2.49. The van der Waals surface area contributed by atoms with Crippen molar-refractivity contribution in [1.82, 2.24) is 10.2 Å². The molecule has 0 spiro atoms. The van der Waals surface area contributed by atoms with Gasteiger partial charge in [-0.15, -0.1) is 0 Å². The van der Waals surface area contributed by atoms with Gasteiger partial charge in [0, 0.05) is 29.7 Å². The van der Waals surface area contributed by atoms with Crippen molar-refractivity contribution in [3.63, 3.8) is 0 Å². The van der Waals surface area contributed by atoms with Gasteiger partial charge in [0.2, 0.25) is 6.41 Å². The lowest BCUT2D eigenvalue weighted by Crippen LogP contribution is -2.45. The molecular weight excluding hydrogens is 278 g/mol. The monoisotopic (exact) mass is 299 g/mol. The molecule has 1 aliphatic heterocycles. The van der Waals surface area contributed by atoms with E-state index in [2.05, 4.69) is 23.8 Å². The topological polar surface area (TPSA) is 61.4 Å². The summed E-state index contributed by atoms with van der Waals surface area (Å²) in [6.45, 7) is 9.61. The predicted molar refractivity (Wildman–Crippen MR) is 87.4 cm³/mol. The molecular formula is C17H21N3O2. The molecule has 0 aromatic heterocycles. The number of carbonyl (C=O) groups is 2. The number of amides is 2. The Bertz CT molecular complexity index is 637. The van der Waals surface area contributed by atoms with Crippen LogP contribution in [0.25, 0.3) is 0 Å². The lowest BCUT2D eigenvalue weighted by Gasteiger charge is -2.33. The summed E-state index contributed by atoms with van der Waals surface area (Å²) in [6, 6.07) is 5.09. The van der Waals surface area contributed by atoms with Crippen molar-refractivity contribution in [3.8, 4) is 0 Å². The summed E-state index contributed by atoms with van der Waals surface area (Å²) >= 11 is 0. The second-order valence-electron chi connectivity index (χ2n) is 5.41. The molecule has 1 fully saturated rings. The fourth-order valence-corrected chi connectivity index (χ4v) is 2.63. The molecule has 2 N–H and O–H groups in total. The first-order chi connectivity index (χ1) is 10.5. The Balaban J connectivity index is 2.27. The highest BCUT2D eigenvalue weighted by Gasteiger charge is 2.30. The second-order valence-corrected chi connectivity index (χ2v) is 5.41. The van der Waals surface area contributed by atoms with E-state index in [4.69, 9.17) is 0 Å². The third kappa shape index (κ3) is 3.03. The van der Waals surface area contributed by atoms with Crippen molar-refractivity contribution in [3.05, 3.63) is 53.9 Å². The molecule has 0 bridgehead atoms.